The van der Waals surface area contributed by atoms with Gasteiger partial charge in [0.25, 0.3) is 6.43 Å². The van der Waals surface area contributed by atoms with Crippen molar-refractivity contribution >= 4 is 11.7 Å². The average molecular weight is 335 g/mol. The fraction of sp³-hybridized carbons (Fsp3) is 0.500. The highest BCUT2D eigenvalue weighted by Gasteiger charge is 2.23. The van der Waals surface area contributed by atoms with Gasteiger partial charge < -0.3 is 15.0 Å². The number of piperazine rings is 1. The average Bonchev–Trinajstić information content (AvgIpc) is 2.49. The first-order chi connectivity index (χ1) is 11.0. The zero-order valence-corrected chi connectivity index (χ0v) is 12.2. The summed E-state index contributed by atoms with van der Waals surface area (Å²) in [6.45, 7) is -2.06. The van der Waals surface area contributed by atoms with E-state index in [0.717, 1.165) is 0 Å². The molecule has 1 aromatic carbocycles. The Morgan fingerprint density at radius 3 is 2.39 bits per heavy atom. The number of nitrogens with one attached hydrogen (secondary N) is 1. The van der Waals surface area contributed by atoms with E-state index < -0.39 is 19.1 Å². The van der Waals surface area contributed by atoms with Gasteiger partial charge in [-0.25, -0.2) is 13.6 Å². The topological polar surface area (TPSA) is 44.8 Å². The zero-order chi connectivity index (χ0) is 16.8. The van der Waals surface area contributed by atoms with Crippen LogP contribution in [0.25, 0.3) is 0 Å². The van der Waals surface area contributed by atoms with Crippen LogP contribution in [0, 0.1) is 0 Å². The Morgan fingerprint density at radius 1 is 1.13 bits per heavy atom. The Kier molecular flexibility index (Phi) is 6.03. The summed E-state index contributed by atoms with van der Waals surface area (Å²) >= 11 is 0. The Hall–Kier alpha value is -2.03. The molecule has 1 heterocycles. The lowest BCUT2D eigenvalue weighted by Crippen LogP contribution is -2.50. The van der Waals surface area contributed by atoms with Gasteiger partial charge >= 0.3 is 12.6 Å². The van der Waals surface area contributed by atoms with Crippen LogP contribution in [0.4, 0.5) is 28.0 Å². The molecule has 128 valence electrons. The molecule has 1 aromatic rings. The molecule has 0 aromatic heterocycles. The maximum Gasteiger partial charge on any atom is 0.387 e. The molecule has 9 heteroatoms. The van der Waals surface area contributed by atoms with Crippen LogP contribution in [0.1, 0.15) is 0 Å². The molecule has 0 bridgehead atoms. The summed E-state index contributed by atoms with van der Waals surface area (Å²) in [6, 6.07) is 5.38. The van der Waals surface area contributed by atoms with Gasteiger partial charge in [-0.3, -0.25) is 4.90 Å². The number of hydrogen-bond donors (Lipinski definition) is 1. The van der Waals surface area contributed by atoms with Crippen LogP contribution in [0.3, 0.4) is 0 Å². The number of urea groups is 1. The number of nitrogens with zero attached hydrogens (tertiary/aromatic N) is 2. The van der Waals surface area contributed by atoms with E-state index >= 15 is 0 Å². The van der Waals surface area contributed by atoms with Gasteiger partial charge in [-0.05, 0) is 12.1 Å². The highest BCUT2D eigenvalue weighted by Crippen LogP contribution is 2.25. The predicted octanol–water partition coefficient (Wildman–Crippen LogP) is 2.70. The van der Waals surface area contributed by atoms with Crippen LogP contribution < -0.4 is 10.1 Å². The first-order valence-corrected chi connectivity index (χ1v) is 7.06. The van der Waals surface area contributed by atoms with Gasteiger partial charge in [0.15, 0.2) is 0 Å². The van der Waals surface area contributed by atoms with Crippen LogP contribution >= 0.6 is 0 Å². The second kappa shape index (κ2) is 8.00. The van der Waals surface area contributed by atoms with E-state index in [1.807, 2.05) is 0 Å². The van der Waals surface area contributed by atoms with E-state index in [1.54, 1.807) is 11.0 Å². The van der Waals surface area contributed by atoms with Gasteiger partial charge in [0.2, 0.25) is 0 Å². The normalized spacial score (nSPS) is 16.0. The van der Waals surface area contributed by atoms with Gasteiger partial charge in [-0.15, -0.1) is 0 Å². The van der Waals surface area contributed by atoms with E-state index in [9.17, 15) is 22.4 Å². The fourth-order valence-corrected chi connectivity index (χ4v) is 2.29. The maximum absolute atomic E-state index is 12.3. The summed E-state index contributed by atoms with van der Waals surface area (Å²) in [6.07, 6.45) is -2.41. The molecule has 1 saturated heterocycles. The van der Waals surface area contributed by atoms with Crippen molar-refractivity contribution in [1.29, 1.82) is 0 Å². The number of carbonyl (C=O) groups excluding carboxylic acids is 1. The minimum atomic E-state index is -2.99. The number of benzene rings is 1. The van der Waals surface area contributed by atoms with Crippen molar-refractivity contribution < 1.29 is 27.1 Å². The monoisotopic (exact) mass is 335 g/mol. The van der Waals surface area contributed by atoms with Crippen LogP contribution in [-0.4, -0.2) is 61.6 Å². The largest absolute Gasteiger partial charge is 0.433 e. The summed E-state index contributed by atoms with van der Waals surface area (Å²) in [7, 11) is 0. The number of carbonyl (C=O) groups is 1. The van der Waals surface area contributed by atoms with Crippen molar-refractivity contribution in [1.82, 2.24) is 9.80 Å². The number of amides is 2. The predicted molar refractivity (Wildman–Crippen MR) is 76.1 cm³/mol. The van der Waals surface area contributed by atoms with Crippen LogP contribution in [0.5, 0.6) is 5.75 Å². The quantitative estimate of drug-likeness (QED) is 0.842. The standard InChI is InChI=1S/C14H17F4N3O2/c15-12(16)9-20-5-7-21(8-6-20)14(22)19-10-3-1-2-4-11(10)23-13(17)18/h1-4,12-13H,5-9H2,(H,19,22). The SMILES string of the molecule is O=C(Nc1ccccc1OC(F)F)N1CCN(CC(F)F)CC1. The minimum Gasteiger partial charge on any atom is -0.433 e. The van der Waals surface area contributed by atoms with Gasteiger partial charge in [0, 0.05) is 26.2 Å². The molecule has 0 aliphatic carbocycles. The summed E-state index contributed by atoms with van der Waals surface area (Å²) < 4.78 is 53.6. The Bertz CT molecular complexity index is 522. The lowest BCUT2D eigenvalue weighted by Gasteiger charge is -2.34. The number of ether oxygens (including phenoxy) is 1. The Labute approximate surface area is 130 Å². The molecule has 1 aliphatic heterocycles. The van der Waals surface area contributed by atoms with Gasteiger partial charge in [-0.2, -0.15) is 8.78 Å². The molecule has 0 unspecified atom stereocenters. The van der Waals surface area contributed by atoms with E-state index in [1.165, 1.54) is 23.1 Å². The number of para-hydroxylation sites is 2. The molecular weight excluding hydrogens is 318 g/mol. The second-order valence-corrected chi connectivity index (χ2v) is 4.98. The molecule has 1 fully saturated rings. The van der Waals surface area contributed by atoms with Crippen LogP contribution in [0.2, 0.25) is 0 Å². The maximum atomic E-state index is 12.3. The third kappa shape index (κ3) is 5.27. The third-order valence-electron chi connectivity index (χ3n) is 3.40. The van der Waals surface area contributed by atoms with E-state index in [-0.39, 0.29) is 31.1 Å². The van der Waals surface area contributed by atoms with Crippen molar-refractivity contribution in [2.24, 2.45) is 0 Å². The van der Waals surface area contributed by atoms with Crippen molar-refractivity contribution in [3.05, 3.63) is 24.3 Å². The molecule has 5 nitrogen and oxygen atoms in total. The second-order valence-electron chi connectivity index (χ2n) is 4.98. The number of rotatable bonds is 5. The van der Waals surface area contributed by atoms with E-state index in [2.05, 4.69) is 10.1 Å². The third-order valence-corrected chi connectivity index (χ3v) is 3.40. The smallest absolute Gasteiger partial charge is 0.387 e. The molecule has 2 amide bonds. The molecular formula is C14H17F4N3O2. The first-order valence-electron chi connectivity index (χ1n) is 7.06. The number of hydrogen-bond acceptors (Lipinski definition) is 3. The first kappa shape index (κ1) is 17.3. The lowest BCUT2D eigenvalue weighted by molar-refractivity contribution is -0.0493. The fourth-order valence-electron chi connectivity index (χ4n) is 2.29. The lowest BCUT2D eigenvalue weighted by atomic mass is 10.3. The van der Waals surface area contributed by atoms with Crippen LogP contribution in [0.15, 0.2) is 24.3 Å². The molecule has 0 radical (unpaired) electrons. The molecule has 2 rings (SSSR count). The van der Waals surface area contributed by atoms with Crippen molar-refractivity contribution in [3.63, 3.8) is 0 Å². The molecule has 1 aliphatic rings. The molecule has 0 spiro atoms. The number of halogens is 4. The van der Waals surface area contributed by atoms with E-state index in [4.69, 9.17) is 0 Å². The summed E-state index contributed by atoms with van der Waals surface area (Å²) in [5, 5.41) is 2.50. The van der Waals surface area contributed by atoms with Crippen molar-refractivity contribution in [2.45, 2.75) is 13.0 Å². The molecule has 1 N–H and O–H groups in total. The van der Waals surface area contributed by atoms with Crippen LogP contribution in [-0.2, 0) is 0 Å². The van der Waals surface area contributed by atoms with Gasteiger partial charge in [0.05, 0.1) is 12.2 Å². The molecule has 0 atom stereocenters. The zero-order valence-electron chi connectivity index (χ0n) is 12.2. The molecule has 0 saturated carbocycles. The highest BCUT2D eigenvalue weighted by molar-refractivity contribution is 5.91. The van der Waals surface area contributed by atoms with Gasteiger partial charge in [0.1, 0.15) is 5.75 Å². The summed E-state index contributed by atoms with van der Waals surface area (Å²) in [5.41, 5.74) is 0.132. The highest BCUT2D eigenvalue weighted by atomic mass is 19.3. The minimum absolute atomic E-state index is 0.132. The van der Waals surface area contributed by atoms with Crippen molar-refractivity contribution in [2.75, 3.05) is 38.0 Å². The molecule has 23 heavy (non-hydrogen) atoms. The van der Waals surface area contributed by atoms with Gasteiger partial charge in [-0.1, -0.05) is 12.1 Å². The number of alkyl halides is 4. The van der Waals surface area contributed by atoms with E-state index in [0.29, 0.717) is 13.1 Å². The number of anilines is 1. The Balaban J connectivity index is 1.91. The summed E-state index contributed by atoms with van der Waals surface area (Å²) in [5.74, 6) is -0.132. The summed E-state index contributed by atoms with van der Waals surface area (Å²) in [4.78, 5) is 15.2. The Morgan fingerprint density at radius 2 is 1.78 bits per heavy atom. The van der Waals surface area contributed by atoms with Crippen molar-refractivity contribution in [3.8, 4) is 5.75 Å².